The van der Waals surface area contributed by atoms with Crippen molar-refractivity contribution in [2.75, 3.05) is 0 Å². The minimum atomic E-state index is -1.10. The summed E-state index contributed by atoms with van der Waals surface area (Å²) in [5.41, 5.74) is 5.96. The van der Waals surface area contributed by atoms with Crippen molar-refractivity contribution < 1.29 is 9.90 Å². The minimum Gasteiger partial charge on any atom is -0.477 e. The molecular formula is C9H9N3O2. The van der Waals surface area contributed by atoms with Gasteiger partial charge in [0.25, 0.3) is 0 Å². The number of carboxylic acids is 1. The van der Waals surface area contributed by atoms with Crippen molar-refractivity contribution in [3.05, 3.63) is 29.6 Å². The average molecular weight is 191 g/mol. The van der Waals surface area contributed by atoms with Gasteiger partial charge in [0, 0.05) is 0 Å². The van der Waals surface area contributed by atoms with Gasteiger partial charge in [-0.15, -0.1) is 0 Å². The van der Waals surface area contributed by atoms with Crippen LogP contribution in [0.1, 0.15) is 28.6 Å². The number of nitriles is 1. The maximum atomic E-state index is 10.6. The molecule has 0 fully saturated rings. The van der Waals surface area contributed by atoms with E-state index in [-0.39, 0.29) is 12.1 Å². The number of rotatable bonds is 3. The highest BCUT2D eigenvalue weighted by Gasteiger charge is 2.10. The number of aromatic carboxylic acids is 1. The summed E-state index contributed by atoms with van der Waals surface area (Å²) in [5, 5.41) is 17.1. The third-order valence-electron chi connectivity index (χ3n) is 1.68. The Kier molecular flexibility index (Phi) is 3.15. The summed E-state index contributed by atoms with van der Waals surface area (Å²) in [7, 11) is 0. The number of nitrogens with zero attached hydrogens (tertiary/aromatic N) is 2. The first kappa shape index (κ1) is 10.2. The summed E-state index contributed by atoms with van der Waals surface area (Å²) in [6.07, 6.45) is 0.121. The van der Waals surface area contributed by atoms with Crippen molar-refractivity contribution >= 4 is 5.97 Å². The first-order chi connectivity index (χ1) is 6.65. The predicted molar refractivity (Wildman–Crippen MR) is 48.4 cm³/mol. The fourth-order valence-corrected chi connectivity index (χ4v) is 0.980. The maximum Gasteiger partial charge on any atom is 0.354 e. The van der Waals surface area contributed by atoms with Crippen LogP contribution in [0.5, 0.6) is 0 Å². The number of carbonyl (C=O) groups is 1. The molecule has 0 saturated carbocycles. The largest absolute Gasteiger partial charge is 0.477 e. The fourth-order valence-electron chi connectivity index (χ4n) is 0.980. The molecule has 0 aliphatic heterocycles. The Labute approximate surface area is 80.8 Å². The Hall–Kier alpha value is -1.93. The monoisotopic (exact) mass is 191 g/mol. The molecule has 5 nitrogen and oxygen atoms in total. The van der Waals surface area contributed by atoms with E-state index in [4.69, 9.17) is 16.1 Å². The van der Waals surface area contributed by atoms with Crippen LogP contribution in [0.25, 0.3) is 0 Å². The molecule has 3 N–H and O–H groups in total. The summed E-state index contributed by atoms with van der Waals surface area (Å²) in [4.78, 5) is 14.4. The van der Waals surface area contributed by atoms with Gasteiger partial charge in [0.1, 0.15) is 5.69 Å². The van der Waals surface area contributed by atoms with E-state index in [0.29, 0.717) is 5.69 Å². The lowest BCUT2D eigenvalue weighted by molar-refractivity contribution is 0.0690. The molecule has 1 aromatic rings. The van der Waals surface area contributed by atoms with Gasteiger partial charge in [0.15, 0.2) is 0 Å². The lowest BCUT2D eigenvalue weighted by atomic mass is 10.1. The standard InChI is InChI=1S/C9H9N3O2/c10-5-4-6(11)7-2-1-3-8(12-7)9(13)14/h1-3,6H,4,11H2,(H,13,14)/t6-/m1/s1. The third-order valence-corrected chi connectivity index (χ3v) is 1.68. The first-order valence-electron chi connectivity index (χ1n) is 3.98. The highest BCUT2D eigenvalue weighted by Crippen LogP contribution is 2.10. The zero-order valence-corrected chi connectivity index (χ0v) is 7.34. The SMILES string of the molecule is N#CC[C@@H](N)c1cccc(C(=O)O)n1. The zero-order chi connectivity index (χ0) is 10.6. The number of nitrogens with two attached hydrogens (primary N) is 1. The highest BCUT2D eigenvalue weighted by atomic mass is 16.4. The van der Waals surface area contributed by atoms with E-state index in [0.717, 1.165) is 0 Å². The Bertz CT molecular complexity index is 384. The zero-order valence-electron chi connectivity index (χ0n) is 7.34. The van der Waals surface area contributed by atoms with Crippen molar-refractivity contribution in [3.63, 3.8) is 0 Å². The predicted octanol–water partition coefficient (Wildman–Crippen LogP) is 0.693. The smallest absolute Gasteiger partial charge is 0.354 e. The van der Waals surface area contributed by atoms with Crippen LogP contribution in [0.4, 0.5) is 0 Å². The Morgan fingerprint density at radius 3 is 3.00 bits per heavy atom. The van der Waals surface area contributed by atoms with Crippen LogP contribution in [-0.4, -0.2) is 16.1 Å². The van der Waals surface area contributed by atoms with Crippen LogP contribution in [0.3, 0.4) is 0 Å². The quantitative estimate of drug-likeness (QED) is 0.732. The molecule has 0 radical (unpaired) electrons. The molecule has 1 rings (SSSR count). The molecule has 0 saturated heterocycles. The van der Waals surface area contributed by atoms with Crippen molar-refractivity contribution in [1.82, 2.24) is 4.98 Å². The van der Waals surface area contributed by atoms with Crippen LogP contribution in [0, 0.1) is 11.3 Å². The van der Waals surface area contributed by atoms with E-state index >= 15 is 0 Å². The van der Waals surface area contributed by atoms with Gasteiger partial charge in [-0.2, -0.15) is 5.26 Å². The van der Waals surface area contributed by atoms with E-state index in [9.17, 15) is 4.79 Å². The Balaban J connectivity index is 2.94. The molecule has 0 aromatic carbocycles. The van der Waals surface area contributed by atoms with Crippen LogP contribution >= 0.6 is 0 Å². The van der Waals surface area contributed by atoms with E-state index in [1.807, 2.05) is 6.07 Å². The number of aromatic nitrogens is 1. The van der Waals surface area contributed by atoms with E-state index < -0.39 is 12.0 Å². The van der Waals surface area contributed by atoms with Crippen LogP contribution < -0.4 is 5.73 Å². The van der Waals surface area contributed by atoms with Crippen molar-refractivity contribution in [1.29, 1.82) is 5.26 Å². The summed E-state index contributed by atoms with van der Waals surface area (Å²) in [6, 6.07) is 5.92. The molecule has 0 amide bonds. The lowest BCUT2D eigenvalue weighted by Crippen LogP contribution is -2.13. The van der Waals surface area contributed by atoms with Gasteiger partial charge in [0.05, 0.1) is 24.2 Å². The Morgan fingerprint density at radius 1 is 1.71 bits per heavy atom. The summed E-state index contributed by atoms with van der Waals surface area (Å²) < 4.78 is 0. The van der Waals surface area contributed by atoms with Gasteiger partial charge in [-0.1, -0.05) is 6.07 Å². The van der Waals surface area contributed by atoms with E-state index in [2.05, 4.69) is 4.98 Å². The van der Waals surface area contributed by atoms with Gasteiger partial charge in [-0.3, -0.25) is 0 Å². The van der Waals surface area contributed by atoms with Crippen LogP contribution in [0.15, 0.2) is 18.2 Å². The van der Waals surface area contributed by atoms with E-state index in [1.165, 1.54) is 6.07 Å². The molecule has 14 heavy (non-hydrogen) atoms. The topological polar surface area (TPSA) is 100 Å². The van der Waals surface area contributed by atoms with Gasteiger partial charge in [-0.25, -0.2) is 9.78 Å². The Morgan fingerprint density at radius 2 is 2.43 bits per heavy atom. The van der Waals surface area contributed by atoms with E-state index in [1.54, 1.807) is 12.1 Å². The van der Waals surface area contributed by atoms with Crippen LogP contribution in [-0.2, 0) is 0 Å². The summed E-state index contributed by atoms with van der Waals surface area (Å²) in [6.45, 7) is 0. The lowest BCUT2D eigenvalue weighted by Gasteiger charge is -2.06. The summed E-state index contributed by atoms with van der Waals surface area (Å²) in [5.74, 6) is -1.10. The van der Waals surface area contributed by atoms with Crippen molar-refractivity contribution in [2.24, 2.45) is 5.73 Å². The highest BCUT2D eigenvalue weighted by molar-refractivity contribution is 5.85. The molecule has 1 aromatic heterocycles. The minimum absolute atomic E-state index is 0.0594. The molecule has 0 aliphatic carbocycles. The molecule has 0 spiro atoms. The number of pyridine rings is 1. The maximum absolute atomic E-state index is 10.6. The van der Waals surface area contributed by atoms with Gasteiger partial charge >= 0.3 is 5.97 Å². The molecule has 1 atom stereocenters. The van der Waals surface area contributed by atoms with Gasteiger partial charge in [-0.05, 0) is 12.1 Å². The van der Waals surface area contributed by atoms with Gasteiger partial charge < -0.3 is 10.8 Å². The second-order valence-corrected chi connectivity index (χ2v) is 2.72. The molecule has 0 bridgehead atoms. The molecule has 0 unspecified atom stereocenters. The molecule has 72 valence electrons. The molecule has 5 heteroatoms. The fraction of sp³-hybridized carbons (Fsp3) is 0.222. The molecule has 0 aliphatic rings. The molecular weight excluding hydrogens is 182 g/mol. The summed E-state index contributed by atoms with van der Waals surface area (Å²) >= 11 is 0. The average Bonchev–Trinajstić information content (AvgIpc) is 2.18. The number of hydrogen-bond acceptors (Lipinski definition) is 4. The first-order valence-corrected chi connectivity index (χ1v) is 3.98. The van der Waals surface area contributed by atoms with Crippen molar-refractivity contribution in [2.45, 2.75) is 12.5 Å². The second-order valence-electron chi connectivity index (χ2n) is 2.72. The van der Waals surface area contributed by atoms with Gasteiger partial charge in [0.2, 0.25) is 0 Å². The number of hydrogen-bond donors (Lipinski definition) is 2. The second kappa shape index (κ2) is 4.35. The number of carboxylic acid groups (broad SMARTS) is 1. The van der Waals surface area contributed by atoms with Crippen molar-refractivity contribution in [3.8, 4) is 6.07 Å². The molecule has 1 heterocycles. The van der Waals surface area contributed by atoms with Crippen LogP contribution in [0.2, 0.25) is 0 Å². The normalized spacial score (nSPS) is 11.7. The third kappa shape index (κ3) is 2.28.